The normalized spacial score (nSPS) is 23.0. The number of hydrogen-bond acceptors (Lipinski definition) is 7. The van der Waals surface area contributed by atoms with Crippen molar-refractivity contribution in [3.8, 4) is 0 Å². The van der Waals surface area contributed by atoms with E-state index in [-0.39, 0.29) is 17.7 Å². The zero-order valence-electron chi connectivity index (χ0n) is 17.4. The summed E-state index contributed by atoms with van der Waals surface area (Å²) in [6.45, 7) is 3.27. The molecule has 3 heterocycles. The van der Waals surface area contributed by atoms with Crippen molar-refractivity contribution in [2.45, 2.75) is 18.9 Å². The van der Waals surface area contributed by atoms with Crippen molar-refractivity contribution < 1.29 is 14.4 Å². The number of urea groups is 1. The molecule has 1 spiro atoms. The van der Waals surface area contributed by atoms with Crippen molar-refractivity contribution in [1.82, 2.24) is 16.0 Å². The van der Waals surface area contributed by atoms with Crippen LogP contribution < -0.4 is 21.3 Å². The van der Waals surface area contributed by atoms with Gasteiger partial charge in [-0.3, -0.25) is 19.9 Å². The van der Waals surface area contributed by atoms with Crippen LogP contribution in [-0.4, -0.2) is 60.7 Å². The topological polar surface area (TPSA) is 112 Å². The van der Waals surface area contributed by atoms with Gasteiger partial charge in [-0.1, -0.05) is 18.2 Å². The first-order valence-electron chi connectivity index (χ1n) is 10.2. The third kappa shape index (κ3) is 3.95. The number of amidine groups is 1. The molecular formula is C21H25N5O3S2. The predicted octanol–water partition coefficient (Wildman–Crippen LogP) is 2.47. The number of Topliss-reactive ketones (excluding diaryl/α,β-unsaturated/α-hetero) is 1. The molecule has 1 aromatic carbocycles. The third-order valence-electron chi connectivity index (χ3n) is 5.60. The second-order valence-electron chi connectivity index (χ2n) is 7.53. The molecule has 164 valence electrons. The van der Waals surface area contributed by atoms with Crippen LogP contribution in [0.1, 0.15) is 23.7 Å². The first-order valence-corrected chi connectivity index (χ1v) is 12.4. The number of hydrogen-bond donors (Lipinski definition) is 4. The molecule has 8 nitrogen and oxygen atoms in total. The number of fused-ring (bicyclic) bond motifs is 1. The number of piperidine rings is 1. The highest BCUT2D eigenvalue weighted by molar-refractivity contribution is 7.99. The van der Waals surface area contributed by atoms with Gasteiger partial charge in [-0.05, 0) is 32.2 Å². The van der Waals surface area contributed by atoms with Gasteiger partial charge in [0.05, 0.1) is 17.2 Å². The van der Waals surface area contributed by atoms with E-state index in [1.807, 2.05) is 37.4 Å². The lowest BCUT2D eigenvalue weighted by Gasteiger charge is -2.36. The molecule has 3 amide bonds. The summed E-state index contributed by atoms with van der Waals surface area (Å²) in [5, 5.41) is 12.9. The fourth-order valence-corrected chi connectivity index (χ4v) is 5.72. The standard InChI is InChI=1S/C21H25N5O3S2/c1-3-23-20(29)25-18-16(12-6-4-5-7-14(12)31-18)17(27)13-10-22-9-8-21(13)19(28)24-15(26-21)11-30-2/h4-7,13,22H,3,8-11H2,1-2H3,(H2,23,25,29)(H,24,26,28). The fourth-order valence-electron chi connectivity index (χ4n) is 4.21. The number of nitrogens with zero attached hydrogens (tertiary/aromatic N) is 1. The van der Waals surface area contributed by atoms with Gasteiger partial charge in [-0.2, -0.15) is 11.8 Å². The van der Waals surface area contributed by atoms with Gasteiger partial charge in [0, 0.05) is 23.2 Å². The van der Waals surface area contributed by atoms with Crippen molar-refractivity contribution in [3.63, 3.8) is 0 Å². The fraction of sp³-hybridized carbons (Fsp3) is 0.429. The Balaban J connectivity index is 1.77. The van der Waals surface area contributed by atoms with E-state index >= 15 is 0 Å². The Morgan fingerprint density at radius 1 is 1.35 bits per heavy atom. The number of thiophene rings is 1. The van der Waals surface area contributed by atoms with E-state index < -0.39 is 11.5 Å². The molecule has 1 aromatic heterocycles. The Morgan fingerprint density at radius 2 is 2.16 bits per heavy atom. The number of benzene rings is 1. The molecule has 0 aliphatic carbocycles. The zero-order valence-corrected chi connectivity index (χ0v) is 19.0. The molecule has 0 bridgehead atoms. The number of aliphatic imine (C=N–C) groups is 1. The van der Waals surface area contributed by atoms with Crippen LogP contribution in [0.2, 0.25) is 0 Å². The Kier molecular flexibility index (Phi) is 6.31. The average Bonchev–Trinajstić information content (AvgIpc) is 3.25. The number of thioether (sulfide) groups is 1. The highest BCUT2D eigenvalue weighted by atomic mass is 32.2. The van der Waals surface area contributed by atoms with Gasteiger partial charge in [0.1, 0.15) is 10.8 Å². The molecule has 2 unspecified atom stereocenters. The Morgan fingerprint density at radius 3 is 2.94 bits per heavy atom. The van der Waals surface area contributed by atoms with Crippen LogP contribution in [0.15, 0.2) is 29.3 Å². The molecule has 0 saturated carbocycles. The minimum atomic E-state index is -1.11. The van der Waals surface area contributed by atoms with E-state index in [1.165, 1.54) is 11.3 Å². The largest absolute Gasteiger partial charge is 0.338 e. The van der Waals surface area contributed by atoms with Crippen molar-refractivity contribution in [3.05, 3.63) is 29.8 Å². The summed E-state index contributed by atoms with van der Waals surface area (Å²) >= 11 is 2.93. The molecule has 4 rings (SSSR count). The predicted molar refractivity (Wildman–Crippen MR) is 127 cm³/mol. The number of carbonyl (C=O) groups is 3. The monoisotopic (exact) mass is 459 g/mol. The van der Waals surface area contributed by atoms with E-state index in [2.05, 4.69) is 21.3 Å². The van der Waals surface area contributed by atoms with Crippen molar-refractivity contribution in [2.75, 3.05) is 37.0 Å². The maximum atomic E-state index is 13.9. The molecular weight excluding hydrogens is 434 g/mol. The highest BCUT2D eigenvalue weighted by Gasteiger charge is 2.54. The van der Waals surface area contributed by atoms with Gasteiger partial charge >= 0.3 is 6.03 Å². The van der Waals surface area contributed by atoms with E-state index in [0.717, 1.165) is 10.1 Å². The van der Waals surface area contributed by atoms with Gasteiger partial charge in [0.25, 0.3) is 5.91 Å². The smallest absolute Gasteiger partial charge is 0.319 e. The molecule has 4 N–H and O–H groups in total. The summed E-state index contributed by atoms with van der Waals surface area (Å²) in [6, 6.07) is 7.20. The van der Waals surface area contributed by atoms with Crippen LogP contribution >= 0.6 is 23.1 Å². The molecule has 2 aliphatic rings. The number of rotatable bonds is 6. The van der Waals surface area contributed by atoms with Crippen molar-refractivity contribution in [2.24, 2.45) is 10.9 Å². The van der Waals surface area contributed by atoms with Crippen molar-refractivity contribution >= 4 is 61.7 Å². The second kappa shape index (κ2) is 8.97. The minimum absolute atomic E-state index is 0.180. The van der Waals surface area contributed by atoms with E-state index in [1.54, 1.807) is 11.8 Å². The van der Waals surface area contributed by atoms with E-state index in [0.29, 0.717) is 48.2 Å². The number of anilines is 1. The first kappa shape index (κ1) is 21.8. The SMILES string of the molecule is CCNC(=O)Nc1sc2ccccc2c1C(=O)C1CNCCC12N=C(CSC)NC2=O. The Labute approximate surface area is 188 Å². The second-order valence-corrected chi connectivity index (χ2v) is 9.45. The van der Waals surface area contributed by atoms with Crippen molar-refractivity contribution in [1.29, 1.82) is 0 Å². The number of amides is 3. The quantitative estimate of drug-likeness (QED) is 0.496. The van der Waals surface area contributed by atoms with Gasteiger partial charge in [-0.15, -0.1) is 11.3 Å². The molecule has 0 radical (unpaired) electrons. The lowest BCUT2D eigenvalue weighted by Crippen LogP contribution is -2.57. The summed E-state index contributed by atoms with van der Waals surface area (Å²) in [6.07, 6.45) is 2.40. The molecule has 31 heavy (non-hydrogen) atoms. The summed E-state index contributed by atoms with van der Waals surface area (Å²) in [7, 11) is 0. The van der Waals surface area contributed by atoms with E-state index in [9.17, 15) is 14.4 Å². The van der Waals surface area contributed by atoms with Gasteiger partial charge in [0.2, 0.25) is 0 Å². The average molecular weight is 460 g/mol. The van der Waals surface area contributed by atoms with Gasteiger partial charge < -0.3 is 16.0 Å². The van der Waals surface area contributed by atoms with Crippen LogP contribution in [0, 0.1) is 5.92 Å². The molecule has 2 atom stereocenters. The lowest BCUT2D eigenvalue weighted by atomic mass is 9.74. The van der Waals surface area contributed by atoms with Crippen LogP contribution in [0.5, 0.6) is 0 Å². The third-order valence-corrected chi connectivity index (χ3v) is 7.25. The summed E-state index contributed by atoms with van der Waals surface area (Å²) in [4.78, 5) is 44.0. The zero-order chi connectivity index (χ0) is 22.0. The van der Waals surface area contributed by atoms with Crippen LogP contribution in [0.25, 0.3) is 10.1 Å². The minimum Gasteiger partial charge on any atom is -0.338 e. The molecule has 1 fully saturated rings. The Hall–Kier alpha value is -2.43. The lowest BCUT2D eigenvalue weighted by molar-refractivity contribution is -0.125. The number of nitrogens with one attached hydrogen (secondary N) is 4. The molecule has 10 heteroatoms. The van der Waals surface area contributed by atoms with Crippen LogP contribution in [0.3, 0.4) is 0 Å². The molecule has 1 saturated heterocycles. The Bertz CT molecular complexity index is 1070. The molecule has 2 aliphatic heterocycles. The maximum Gasteiger partial charge on any atom is 0.319 e. The summed E-state index contributed by atoms with van der Waals surface area (Å²) in [5.74, 6) is 0.157. The van der Waals surface area contributed by atoms with E-state index in [4.69, 9.17) is 4.99 Å². The van der Waals surface area contributed by atoms with Crippen LogP contribution in [0.4, 0.5) is 9.80 Å². The molecule has 2 aromatic rings. The summed E-state index contributed by atoms with van der Waals surface area (Å²) in [5.41, 5.74) is -0.666. The summed E-state index contributed by atoms with van der Waals surface area (Å²) < 4.78 is 0.901. The highest BCUT2D eigenvalue weighted by Crippen LogP contribution is 2.41. The number of ketones is 1. The van der Waals surface area contributed by atoms with Gasteiger partial charge in [0.15, 0.2) is 11.3 Å². The first-order chi connectivity index (χ1) is 15.0. The van der Waals surface area contributed by atoms with Crippen LogP contribution in [-0.2, 0) is 4.79 Å². The van der Waals surface area contributed by atoms with Gasteiger partial charge in [-0.25, -0.2) is 4.79 Å². The number of carbonyl (C=O) groups excluding carboxylic acids is 3. The maximum absolute atomic E-state index is 13.9.